The fraction of sp³-hybridized carbons (Fsp3) is 0.0588. The van der Waals surface area contributed by atoms with Crippen LogP contribution in [0.4, 0.5) is 5.69 Å². The first kappa shape index (κ1) is 18.5. The molecule has 1 heterocycles. The number of benzene rings is 2. The van der Waals surface area contributed by atoms with Gasteiger partial charge in [0.05, 0.1) is 5.69 Å². The summed E-state index contributed by atoms with van der Waals surface area (Å²) >= 11 is 5.47. The van der Waals surface area contributed by atoms with Crippen molar-refractivity contribution >= 4 is 71.0 Å². The third-order valence-electron chi connectivity index (χ3n) is 3.09. The van der Waals surface area contributed by atoms with Crippen LogP contribution >= 0.6 is 34.8 Å². The van der Waals surface area contributed by atoms with Crippen molar-refractivity contribution < 1.29 is 4.79 Å². The average molecular weight is 471 g/mol. The van der Waals surface area contributed by atoms with Crippen LogP contribution in [0.15, 0.2) is 76.6 Å². The van der Waals surface area contributed by atoms with Gasteiger partial charge in [-0.15, -0.1) is 24.0 Å². The van der Waals surface area contributed by atoms with Crippen molar-refractivity contribution in [1.29, 1.82) is 0 Å². The molecule has 2 aromatic carbocycles. The van der Waals surface area contributed by atoms with Crippen LogP contribution in [-0.2, 0) is 19.7 Å². The Kier molecular flexibility index (Phi) is 7.13. The van der Waals surface area contributed by atoms with Crippen LogP contribution in [0.5, 0.6) is 0 Å². The lowest BCUT2D eigenvalue weighted by molar-refractivity contribution is 0.0995. The molecule has 0 saturated carbocycles. The molecular formula is C17H14INOS3. The molecule has 0 aromatic heterocycles. The second kappa shape index (κ2) is 8.86. The normalized spacial score (nSPS) is 18.3. The van der Waals surface area contributed by atoms with E-state index in [4.69, 9.17) is 11.2 Å². The number of carbonyl (C=O) groups is 1. The summed E-state index contributed by atoms with van der Waals surface area (Å²) in [6, 6.07) is 19.1. The van der Waals surface area contributed by atoms with E-state index in [9.17, 15) is 4.79 Å². The number of allylic oxidation sites excluding steroid dienone is 1. The summed E-state index contributed by atoms with van der Waals surface area (Å²) in [5.74, 6) is 0.107. The zero-order chi connectivity index (χ0) is 15.4. The summed E-state index contributed by atoms with van der Waals surface area (Å²) in [5.41, 5.74) is 1.64. The topological polar surface area (TPSA) is 29.4 Å². The van der Waals surface area contributed by atoms with Gasteiger partial charge in [0.25, 0.3) is 0 Å². The van der Waals surface area contributed by atoms with Crippen LogP contribution in [0.2, 0.25) is 0 Å². The standard InChI is InChI=1S/C17H13NOS3.HI/c19-16(13-7-3-1-4-8-13)11-15-12-17(21-22(15)20)18-14-9-5-2-6-10-14;/h1-10,12H,11H2;1H. The van der Waals surface area contributed by atoms with Gasteiger partial charge in [0.1, 0.15) is 5.04 Å². The van der Waals surface area contributed by atoms with Crippen molar-refractivity contribution in [3.05, 3.63) is 77.2 Å². The molecule has 6 heteroatoms. The van der Waals surface area contributed by atoms with E-state index in [2.05, 4.69) is 4.99 Å². The van der Waals surface area contributed by atoms with E-state index in [-0.39, 0.29) is 29.8 Å². The minimum atomic E-state index is -0.399. The van der Waals surface area contributed by atoms with E-state index in [0.717, 1.165) is 21.2 Å². The third-order valence-corrected chi connectivity index (χ3v) is 7.17. The fourth-order valence-electron chi connectivity index (χ4n) is 2.02. The van der Waals surface area contributed by atoms with Crippen LogP contribution in [0, 0.1) is 0 Å². The summed E-state index contributed by atoms with van der Waals surface area (Å²) in [5, 5.41) is 0.889. The Morgan fingerprint density at radius 2 is 1.65 bits per heavy atom. The largest absolute Gasteiger partial charge is 0.294 e. The maximum atomic E-state index is 12.3. The highest BCUT2D eigenvalue weighted by atomic mass is 127. The highest BCUT2D eigenvalue weighted by Gasteiger charge is 2.20. The van der Waals surface area contributed by atoms with E-state index >= 15 is 0 Å². The summed E-state index contributed by atoms with van der Waals surface area (Å²) in [7, 11) is 1.15. The number of nitrogens with zero attached hydrogens (tertiary/aromatic N) is 1. The second-order valence-electron chi connectivity index (χ2n) is 4.68. The first-order chi connectivity index (χ1) is 10.7. The zero-order valence-electron chi connectivity index (χ0n) is 12.0. The van der Waals surface area contributed by atoms with Crippen molar-refractivity contribution in [3.8, 4) is 0 Å². The molecule has 0 amide bonds. The number of carbonyl (C=O) groups excluding carboxylic acids is 1. The van der Waals surface area contributed by atoms with Gasteiger partial charge in [-0.1, -0.05) is 48.5 Å². The van der Waals surface area contributed by atoms with Gasteiger partial charge >= 0.3 is 0 Å². The molecule has 0 aliphatic carbocycles. The lowest BCUT2D eigenvalue weighted by Gasteiger charge is -2.01. The number of para-hydroxylation sites is 1. The van der Waals surface area contributed by atoms with Gasteiger partial charge in [0, 0.05) is 16.9 Å². The molecule has 0 radical (unpaired) electrons. The minimum absolute atomic E-state index is 0. The molecule has 23 heavy (non-hydrogen) atoms. The van der Waals surface area contributed by atoms with Crippen LogP contribution in [0.1, 0.15) is 16.8 Å². The van der Waals surface area contributed by atoms with E-state index < -0.39 is 8.49 Å². The van der Waals surface area contributed by atoms with Crippen LogP contribution in [0.25, 0.3) is 0 Å². The zero-order valence-corrected chi connectivity index (χ0v) is 16.8. The first-order valence-electron chi connectivity index (χ1n) is 6.75. The van der Waals surface area contributed by atoms with E-state index in [0.29, 0.717) is 6.42 Å². The molecule has 0 spiro atoms. The Balaban J connectivity index is 0.00000192. The predicted molar refractivity (Wildman–Crippen MR) is 115 cm³/mol. The molecule has 2 aromatic rings. The van der Waals surface area contributed by atoms with Gasteiger partial charge in [0.2, 0.25) is 0 Å². The Morgan fingerprint density at radius 3 is 2.30 bits per heavy atom. The number of rotatable bonds is 4. The number of aliphatic imine (C=N–C) groups is 1. The summed E-state index contributed by atoms with van der Waals surface area (Å²) in [6.45, 7) is 0. The maximum Gasteiger partial charge on any atom is 0.167 e. The predicted octanol–water partition coefficient (Wildman–Crippen LogP) is 5.23. The Hall–Kier alpha value is -0.830. The Morgan fingerprint density at radius 1 is 1.04 bits per heavy atom. The number of ketones is 1. The average Bonchev–Trinajstić information content (AvgIpc) is 2.88. The van der Waals surface area contributed by atoms with Gasteiger partial charge in [-0.05, 0) is 48.7 Å². The molecule has 1 aliphatic heterocycles. The maximum absolute atomic E-state index is 12.3. The second-order valence-corrected chi connectivity index (χ2v) is 9.39. The number of hydrogen-bond acceptors (Lipinski definition) is 4. The Bertz CT molecular complexity index is 773. The van der Waals surface area contributed by atoms with Gasteiger partial charge in [0.15, 0.2) is 5.78 Å². The minimum Gasteiger partial charge on any atom is -0.294 e. The van der Waals surface area contributed by atoms with Gasteiger partial charge in [-0.2, -0.15) is 0 Å². The number of halogens is 1. The summed E-state index contributed by atoms with van der Waals surface area (Å²) in [6.07, 6.45) is 2.34. The quantitative estimate of drug-likeness (QED) is 0.347. The van der Waals surface area contributed by atoms with Crippen LogP contribution in [0.3, 0.4) is 0 Å². The lowest BCUT2D eigenvalue weighted by atomic mass is 10.1. The highest BCUT2D eigenvalue weighted by Crippen LogP contribution is 2.32. The van der Waals surface area contributed by atoms with E-state index in [1.165, 1.54) is 0 Å². The monoisotopic (exact) mass is 471 g/mol. The third kappa shape index (κ3) is 5.07. The summed E-state index contributed by atoms with van der Waals surface area (Å²) in [4.78, 5) is 17.8. The molecule has 1 atom stereocenters. The molecule has 2 nitrogen and oxygen atoms in total. The van der Waals surface area contributed by atoms with E-state index in [1.807, 2.05) is 66.7 Å². The number of Topliss-reactive ketones (excluding diaryl/α,β-unsaturated/α-hetero) is 1. The molecule has 3 rings (SSSR count). The van der Waals surface area contributed by atoms with Gasteiger partial charge < -0.3 is 0 Å². The van der Waals surface area contributed by atoms with Crippen molar-refractivity contribution in [2.75, 3.05) is 0 Å². The molecule has 0 N–H and O–H groups in total. The number of hydrogen-bond donors (Lipinski definition) is 0. The molecule has 1 unspecified atom stereocenters. The lowest BCUT2D eigenvalue weighted by Crippen LogP contribution is -2.00. The first-order valence-corrected chi connectivity index (χ1v) is 10.2. The van der Waals surface area contributed by atoms with Crippen molar-refractivity contribution in [2.45, 2.75) is 6.42 Å². The molecule has 1 aliphatic rings. The molecule has 0 fully saturated rings. The van der Waals surface area contributed by atoms with E-state index in [1.54, 1.807) is 10.8 Å². The SMILES string of the molecule is I.O=C(CC1=CC(=Nc2ccccc2)SS1=S)c1ccccc1. The molecular weight excluding hydrogens is 457 g/mol. The van der Waals surface area contributed by atoms with Crippen molar-refractivity contribution in [2.24, 2.45) is 4.99 Å². The smallest absolute Gasteiger partial charge is 0.167 e. The Labute approximate surface area is 163 Å². The van der Waals surface area contributed by atoms with Gasteiger partial charge in [-0.3, -0.25) is 4.79 Å². The summed E-state index contributed by atoms with van der Waals surface area (Å²) < 4.78 is 0. The van der Waals surface area contributed by atoms with Crippen LogP contribution in [-0.4, -0.2) is 10.8 Å². The van der Waals surface area contributed by atoms with Crippen LogP contribution < -0.4 is 0 Å². The van der Waals surface area contributed by atoms with Crippen molar-refractivity contribution in [1.82, 2.24) is 0 Å². The molecule has 118 valence electrons. The molecule has 0 bridgehead atoms. The van der Waals surface area contributed by atoms with Gasteiger partial charge in [-0.25, -0.2) is 4.99 Å². The molecule has 0 saturated heterocycles. The van der Waals surface area contributed by atoms with Crippen molar-refractivity contribution in [3.63, 3.8) is 0 Å². The highest BCUT2D eigenvalue weighted by molar-refractivity contribution is 14.0. The fourth-order valence-corrected chi connectivity index (χ4v) is 5.45.